The quantitative estimate of drug-likeness (QED) is 0.598. The molecule has 4 rings (SSSR count). The molecular weight excluding hydrogens is 364 g/mol. The van der Waals surface area contributed by atoms with Crippen LogP contribution in [0.2, 0.25) is 0 Å². The highest BCUT2D eigenvalue weighted by atomic mass is 16.5. The molecule has 140 valence electrons. The van der Waals surface area contributed by atoms with E-state index in [1.54, 1.807) is 0 Å². The molecule has 2 heterocycles. The summed E-state index contributed by atoms with van der Waals surface area (Å²) in [6.07, 6.45) is 2.54. The van der Waals surface area contributed by atoms with E-state index in [1.807, 2.05) is 0 Å². The number of carbonyl (C=O) groups excluding carboxylic acids is 3. The Bertz CT molecular complexity index is 1200. The largest absolute Gasteiger partial charge is 0.508 e. The van der Waals surface area contributed by atoms with Gasteiger partial charge in [-0.3, -0.25) is 24.3 Å². The van der Waals surface area contributed by atoms with Gasteiger partial charge in [0.25, 0.3) is 17.7 Å². The number of hydrogen-bond acceptors (Lipinski definition) is 6. The van der Waals surface area contributed by atoms with Crippen LogP contribution in [-0.4, -0.2) is 39.6 Å². The van der Waals surface area contributed by atoms with Crippen LogP contribution in [-0.2, 0) is 9.59 Å². The fourth-order valence-corrected chi connectivity index (χ4v) is 3.16. The molecule has 8 nitrogen and oxygen atoms in total. The number of aromatic hydroxyl groups is 2. The smallest absolute Gasteiger partial charge is 0.266 e. The molecule has 2 amide bonds. The zero-order valence-electron chi connectivity index (χ0n) is 14.6. The van der Waals surface area contributed by atoms with Crippen LogP contribution in [0.1, 0.15) is 15.9 Å². The van der Waals surface area contributed by atoms with Crippen molar-refractivity contribution in [1.82, 2.24) is 9.88 Å². The second kappa shape index (κ2) is 6.27. The van der Waals surface area contributed by atoms with E-state index in [4.69, 9.17) is 4.74 Å². The van der Waals surface area contributed by atoms with Gasteiger partial charge in [-0.05, 0) is 30.3 Å². The fraction of sp³-hybridized carbons (Fsp3) is 0.0500. The number of rotatable bonds is 3. The predicted molar refractivity (Wildman–Crippen MR) is 99.1 cm³/mol. The number of imide groups is 1. The molecule has 1 aliphatic rings. The molecule has 1 aliphatic heterocycles. The van der Waals surface area contributed by atoms with Gasteiger partial charge in [0, 0.05) is 29.3 Å². The van der Waals surface area contributed by atoms with Crippen LogP contribution in [0.15, 0.2) is 48.7 Å². The van der Waals surface area contributed by atoms with Gasteiger partial charge < -0.3 is 14.9 Å². The number of benzene rings is 2. The van der Waals surface area contributed by atoms with Crippen LogP contribution in [0.4, 0.5) is 0 Å². The second-order valence-electron chi connectivity index (χ2n) is 6.18. The zero-order chi connectivity index (χ0) is 20.0. The van der Waals surface area contributed by atoms with Gasteiger partial charge in [-0.15, -0.1) is 0 Å². The average molecular weight is 378 g/mol. The van der Waals surface area contributed by atoms with Crippen molar-refractivity contribution in [3.8, 4) is 17.2 Å². The predicted octanol–water partition coefficient (Wildman–Crippen LogP) is 1.79. The highest BCUT2D eigenvalue weighted by Gasteiger charge is 2.27. The van der Waals surface area contributed by atoms with E-state index in [0.29, 0.717) is 22.2 Å². The molecule has 3 aromatic rings. The summed E-state index contributed by atoms with van der Waals surface area (Å²) in [6, 6.07) is 8.60. The highest BCUT2D eigenvalue weighted by Crippen LogP contribution is 2.33. The van der Waals surface area contributed by atoms with Crippen molar-refractivity contribution in [3.63, 3.8) is 0 Å². The lowest BCUT2D eigenvalue weighted by Gasteiger charge is -2.08. The summed E-state index contributed by atoms with van der Waals surface area (Å²) in [6.45, 7) is 0. The number of ether oxygens (including phenoxy) is 1. The van der Waals surface area contributed by atoms with Crippen molar-refractivity contribution >= 4 is 34.2 Å². The van der Waals surface area contributed by atoms with Crippen LogP contribution < -0.4 is 10.1 Å². The summed E-state index contributed by atoms with van der Waals surface area (Å²) < 4.78 is 6.28. The number of carbonyl (C=O) groups is 3. The van der Waals surface area contributed by atoms with Crippen LogP contribution in [0, 0.1) is 0 Å². The molecule has 0 atom stereocenters. The standard InChI is InChI=1S/C20H14N2O6/c1-28-11-3-4-12(17(24)7-11)20(27)22-9-15(14-8-18(25)21-19(14)26)13-6-10(23)2-5-16(13)22/h2-9,23-24H,1H3,(H,21,25,26). The normalized spacial score (nSPS) is 13.5. The van der Waals surface area contributed by atoms with Gasteiger partial charge in [0.2, 0.25) is 0 Å². The number of phenolic OH excluding ortho intramolecular Hbond substituents is 2. The van der Waals surface area contributed by atoms with Crippen LogP contribution >= 0.6 is 0 Å². The molecule has 0 spiro atoms. The fourth-order valence-electron chi connectivity index (χ4n) is 3.16. The van der Waals surface area contributed by atoms with Crippen molar-refractivity contribution in [1.29, 1.82) is 0 Å². The molecule has 0 radical (unpaired) electrons. The maximum absolute atomic E-state index is 13.1. The molecule has 1 aromatic heterocycles. The first-order valence-corrected chi connectivity index (χ1v) is 8.22. The van der Waals surface area contributed by atoms with Gasteiger partial charge in [-0.1, -0.05) is 0 Å². The highest BCUT2D eigenvalue weighted by molar-refractivity contribution is 6.35. The summed E-state index contributed by atoms with van der Waals surface area (Å²) in [5.41, 5.74) is 0.834. The van der Waals surface area contributed by atoms with E-state index in [9.17, 15) is 24.6 Å². The monoisotopic (exact) mass is 378 g/mol. The Kier molecular flexibility index (Phi) is 3.89. The molecular formula is C20H14N2O6. The van der Waals surface area contributed by atoms with Crippen molar-refractivity contribution in [3.05, 3.63) is 59.8 Å². The third-order valence-electron chi connectivity index (χ3n) is 4.49. The molecule has 2 aromatic carbocycles. The van der Waals surface area contributed by atoms with E-state index >= 15 is 0 Å². The number of amides is 2. The molecule has 0 aliphatic carbocycles. The van der Waals surface area contributed by atoms with Crippen LogP contribution in [0.25, 0.3) is 16.5 Å². The van der Waals surface area contributed by atoms with E-state index in [1.165, 1.54) is 54.3 Å². The molecule has 0 fully saturated rings. The van der Waals surface area contributed by atoms with Gasteiger partial charge in [0.15, 0.2) is 0 Å². The minimum atomic E-state index is -0.591. The zero-order valence-corrected chi connectivity index (χ0v) is 14.6. The summed E-state index contributed by atoms with van der Waals surface area (Å²) in [5, 5.41) is 22.6. The molecule has 0 bridgehead atoms. The van der Waals surface area contributed by atoms with E-state index in [-0.39, 0.29) is 22.6 Å². The van der Waals surface area contributed by atoms with E-state index in [0.717, 1.165) is 6.08 Å². The number of fused-ring (bicyclic) bond motifs is 1. The molecule has 28 heavy (non-hydrogen) atoms. The van der Waals surface area contributed by atoms with Crippen molar-refractivity contribution in [2.24, 2.45) is 0 Å². The number of phenols is 2. The van der Waals surface area contributed by atoms with Crippen molar-refractivity contribution in [2.75, 3.05) is 7.11 Å². The maximum atomic E-state index is 13.1. The number of aromatic nitrogens is 1. The Morgan fingerprint density at radius 1 is 1.11 bits per heavy atom. The average Bonchev–Trinajstić information content (AvgIpc) is 3.19. The second-order valence-corrected chi connectivity index (χ2v) is 6.18. The van der Waals surface area contributed by atoms with Crippen molar-refractivity contribution < 1.29 is 29.3 Å². The third kappa shape index (κ3) is 2.67. The Morgan fingerprint density at radius 2 is 1.89 bits per heavy atom. The summed E-state index contributed by atoms with van der Waals surface area (Å²) in [5.74, 6) is -1.63. The molecule has 8 heteroatoms. The number of hydrogen-bond donors (Lipinski definition) is 3. The van der Waals surface area contributed by atoms with E-state index < -0.39 is 17.7 Å². The van der Waals surface area contributed by atoms with Gasteiger partial charge >= 0.3 is 0 Å². The lowest BCUT2D eigenvalue weighted by atomic mass is 10.1. The van der Waals surface area contributed by atoms with E-state index in [2.05, 4.69) is 5.32 Å². The SMILES string of the molecule is COc1ccc(C(=O)n2cc(C3=CC(=O)NC3=O)c3cc(O)ccc32)c(O)c1. The Labute approximate surface area is 158 Å². The molecule has 0 unspecified atom stereocenters. The van der Waals surface area contributed by atoms with Gasteiger partial charge in [0.1, 0.15) is 17.2 Å². The molecule has 3 N–H and O–H groups in total. The minimum Gasteiger partial charge on any atom is -0.508 e. The summed E-state index contributed by atoms with van der Waals surface area (Å²) in [7, 11) is 1.44. The number of methoxy groups -OCH3 is 1. The lowest BCUT2D eigenvalue weighted by Crippen LogP contribution is -2.21. The van der Waals surface area contributed by atoms with Crippen LogP contribution in [0.3, 0.4) is 0 Å². The lowest BCUT2D eigenvalue weighted by molar-refractivity contribution is -0.123. The number of nitrogens with one attached hydrogen (secondary N) is 1. The Morgan fingerprint density at radius 3 is 2.54 bits per heavy atom. The van der Waals surface area contributed by atoms with Crippen molar-refractivity contribution in [2.45, 2.75) is 0 Å². The topological polar surface area (TPSA) is 118 Å². The minimum absolute atomic E-state index is 0.0262. The Balaban J connectivity index is 1.91. The maximum Gasteiger partial charge on any atom is 0.266 e. The van der Waals surface area contributed by atoms with Gasteiger partial charge in [-0.25, -0.2) is 0 Å². The first kappa shape index (κ1) is 17.3. The summed E-state index contributed by atoms with van der Waals surface area (Å²) >= 11 is 0. The third-order valence-corrected chi connectivity index (χ3v) is 4.49. The first-order valence-electron chi connectivity index (χ1n) is 8.22. The van der Waals surface area contributed by atoms with Gasteiger partial charge in [0.05, 0.1) is 23.8 Å². The summed E-state index contributed by atoms with van der Waals surface area (Å²) in [4.78, 5) is 36.7. The Hall–Kier alpha value is -4.07. The molecule has 0 saturated carbocycles. The number of nitrogens with zero attached hydrogens (tertiary/aromatic N) is 1. The van der Waals surface area contributed by atoms with Gasteiger partial charge in [-0.2, -0.15) is 0 Å². The first-order chi connectivity index (χ1) is 13.4. The molecule has 0 saturated heterocycles. The van der Waals surface area contributed by atoms with Crippen LogP contribution in [0.5, 0.6) is 17.2 Å².